The first-order chi connectivity index (χ1) is 10.0. The number of benzene rings is 2. The van der Waals surface area contributed by atoms with Gasteiger partial charge in [0, 0.05) is 18.6 Å². The Morgan fingerprint density at radius 2 is 1.90 bits per heavy atom. The van der Waals surface area contributed by atoms with Crippen LogP contribution < -0.4 is 15.0 Å². The Labute approximate surface area is 132 Å². The maximum atomic E-state index is 12.5. The van der Waals surface area contributed by atoms with E-state index in [-0.39, 0.29) is 5.91 Å². The molecule has 4 nitrogen and oxygen atoms in total. The monoisotopic (exact) mass is 348 g/mol. The van der Waals surface area contributed by atoms with Gasteiger partial charge in [0.1, 0.15) is 5.75 Å². The van der Waals surface area contributed by atoms with Crippen molar-refractivity contribution in [1.82, 2.24) is 0 Å². The summed E-state index contributed by atoms with van der Waals surface area (Å²) in [6.45, 7) is 0. The van der Waals surface area contributed by atoms with Crippen molar-refractivity contribution in [3.63, 3.8) is 0 Å². The number of halogens is 1. The number of nitrogens with one attached hydrogen (secondary N) is 1. The first-order valence-corrected chi connectivity index (χ1v) is 7.23. The third-order valence-electron chi connectivity index (χ3n) is 3.05. The van der Waals surface area contributed by atoms with Gasteiger partial charge in [-0.1, -0.05) is 12.1 Å². The van der Waals surface area contributed by atoms with Crippen molar-refractivity contribution in [2.24, 2.45) is 0 Å². The summed E-state index contributed by atoms with van der Waals surface area (Å²) in [5.74, 6) is 0.458. The molecule has 0 heterocycles. The number of anilines is 2. The smallest absolute Gasteiger partial charge is 0.257 e. The lowest BCUT2D eigenvalue weighted by Gasteiger charge is -2.18. The Morgan fingerprint density at radius 1 is 1.19 bits per heavy atom. The molecule has 0 radical (unpaired) electrons. The SMILES string of the molecule is COc1ccc(Br)c(C(=O)Nc2ccccc2N(C)C)c1. The van der Waals surface area contributed by atoms with Crippen LogP contribution in [0.5, 0.6) is 5.75 Å². The van der Waals surface area contributed by atoms with E-state index in [0.717, 1.165) is 15.8 Å². The predicted octanol–water partition coefficient (Wildman–Crippen LogP) is 3.78. The molecule has 5 heteroatoms. The van der Waals surface area contributed by atoms with Crippen molar-refractivity contribution in [2.75, 3.05) is 31.4 Å². The third-order valence-corrected chi connectivity index (χ3v) is 3.74. The van der Waals surface area contributed by atoms with E-state index in [9.17, 15) is 4.79 Å². The summed E-state index contributed by atoms with van der Waals surface area (Å²) in [5.41, 5.74) is 2.25. The molecule has 0 atom stereocenters. The highest BCUT2D eigenvalue weighted by Crippen LogP contribution is 2.27. The molecule has 0 aliphatic heterocycles. The highest BCUT2D eigenvalue weighted by Gasteiger charge is 2.13. The Balaban J connectivity index is 2.30. The van der Waals surface area contributed by atoms with Gasteiger partial charge in [0.05, 0.1) is 24.0 Å². The van der Waals surface area contributed by atoms with Gasteiger partial charge in [-0.05, 0) is 46.3 Å². The van der Waals surface area contributed by atoms with Gasteiger partial charge in [-0.3, -0.25) is 4.79 Å². The molecule has 2 aromatic rings. The summed E-state index contributed by atoms with van der Waals surface area (Å²) < 4.78 is 5.89. The molecule has 0 aliphatic carbocycles. The fourth-order valence-corrected chi connectivity index (χ4v) is 2.39. The zero-order chi connectivity index (χ0) is 15.4. The van der Waals surface area contributed by atoms with E-state index in [0.29, 0.717) is 11.3 Å². The molecule has 0 fully saturated rings. The number of amides is 1. The van der Waals surface area contributed by atoms with Gasteiger partial charge in [-0.25, -0.2) is 0 Å². The lowest BCUT2D eigenvalue weighted by atomic mass is 10.2. The van der Waals surface area contributed by atoms with E-state index >= 15 is 0 Å². The fraction of sp³-hybridized carbons (Fsp3) is 0.188. The minimum atomic E-state index is -0.185. The molecule has 0 saturated heterocycles. The zero-order valence-electron chi connectivity index (χ0n) is 12.2. The van der Waals surface area contributed by atoms with E-state index in [1.54, 1.807) is 25.3 Å². The number of hydrogen-bond donors (Lipinski definition) is 1. The van der Waals surface area contributed by atoms with E-state index in [4.69, 9.17) is 4.74 Å². The number of rotatable bonds is 4. The molecule has 0 aliphatic rings. The Kier molecular flexibility index (Phi) is 4.85. The summed E-state index contributed by atoms with van der Waals surface area (Å²) in [5, 5.41) is 2.93. The van der Waals surface area contributed by atoms with Crippen molar-refractivity contribution in [2.45, 2.75) is 0 Å². The topological polar surface area (TPSA) is 41.6 Å². The normalized spacial score (nSPS) is 10.1. The molecule has 110 valence electrons. The number of carbonyl (C=O) groups is 1. The van der Waals surface area contributed by atoms with Crippen LogP contribution >= 0.6 is 15.9 Å². The van der Waals surface area contributed by atoms with Gasteiger partial charge in [0.2, 0.25) is 0 Å². The second-order valence-corrected chi connectivity index (χ2v) is 5.57. The number of hydrogen-bond acceptors (Lipinski definition) is 3. The van der Waals surface area contributed by atoms with Gasteiger partial charge in [0.15, 0.2) is 0 Å². The molecule has 2 rings (SSSR count). The molecule has 0 saturated carbocycles. The molecule has 2 aromatic carbocycles. The van der Waals surface area contributed by atoms with Crippen LogP contribution in [0, 0.1) is 0 Å². The number of nitrogens with zero attached hydrogens (tertiary/aromatic N) is 1. The summed E-state index contributed by atoms with van der Waals surface area (Å²) >= 11 is 3.39. The average Bonchev–Trinajstić information content (AvgIpc) is 2.48. The van der Waals surface area contributed by atoms with Crippen molar-refractivity contribution >= 4 is 33.2 Å². The van der Waals surface area contributed by atoms with Crippen LogP contribution in [-0.4, -0.2) is 27.1 Å². The van der Waals surface area contributed by atoms with Gasteiger partial charge in [0.25, 0.3) is 5.91 Å². The third kappa shape index (κ3) is 3.55. The van der Waals surface area contributed by atoms with Crippen LogP contribution in [0.4, 0.5) is 11.4 Å². The van der Waals surface area contributed by atoms with Crippen LogP contribution in [0.15, 0.2) is 46.9 Å². The summed E-state index contributed by atoms with van der Waals surface area (Å²) in [4.78, 5) is 14.4. The highest BCUT2D eigenvalue weighted by atomic mass is 79.9. The van der Waals surface area contributed by atoms with Crippen LogP contribution in [0.1, 0.15) is 10.4 Å². The van der Waals surface area contributed by atoms with Crippen molar-refractivity contribution in [3.05, 3.63) is 52.5 Å². The Hall–Kier alpha value is -2.01. The van der Waals surface area contributed by atoms with Gasteiger partial charge in [-0.15, -0.1) is 0 Å². The van der Waals surface area contributed by atoms with Crippen LogP contribution in [-0.2, 0) is 0 Å². The quantitative estimate of drug-likeness (QED) is 0.914. The lowest BCUT2D eigenvalue weighted by Crippen LogP contribution is -2.17. The number of ether oxygens (including phenoxy) is 1. The maximum absolute atomic E-state index is 12.5. The minimum absolute atomic E-state index is 0.185. The Bertz CT molecular complexity index is 656. The fourth-order valence-electron chi connectivity index (χ4n) is 1.96. The van der Waals surface area contributed by atoms with Crippen molar-refractivity contribution in [3.8, 4) is 5.75 Å². The lowest BCUT2D eigenvalue weighted by molar-refractivity contribution is 0.102. The maximum Gasteiger partial charge on any atom is 0.257 e. The molecule has 0 spiro atoms. The highest BCUT2D eigenvalue weighted by molar-refractivity contribution is 9.10. The number of para-hydroxylation sites is 2. The van der Waals surface area contributed by atoms with E-state index in [2.05, 4.69) is 21.2 Å². The minimum Gasteiger partial charge on any atom is -0.497 e. The van der Waals surface area contributed by atoms with Crippen LogP contribution in [0.25, 0.3) is 0 Å². The standard InChI is InChI=1S/C16H17BrN2O2/c1-19(2)15-7-5-4-6-14(15)18-16(20)12-10-11(21-3)8-9-13(12)17/h4-10H,1-3H3,(H,18,20). The predicted molar refractivity (Wildman–Crippen MR) is 89.4 cm³/mol. The average molecular weight is 349 g/mol. The zero-order valence-corrected chi connectivity index (χ0v) is 13.8. The number of carbonyl (C=O) groups excluding carboxylic acids is 1. The van der Waals surface area contributed by atoms with Gasteiger partial charge >= 0.3 is 0 Å². The van der Waals surface area contributed by atoms with Crippen LogP contribution in [0.3, 0.4) is 0 Å². The molecule has 0 bridgehead atoms. The molecule has 21 heavy (non-hydrogen) atoms. The van der Waals surface area contributed by atoms with Crippen molar-refractivity contribution in [1.29, 1.82) is 0 Å². The number of methoxy groups -OCH3 is 1. The second-order valence-electron chi connectivity index (χ2n) is 4.71. The first kappa shape index (κ1) is 15.4. The van der Waals surface area contributed by atoms with E-state index in [1.807, 2.05) is 43.3 Å². The second kappa shape index (κ2) is 6.63. The van der Waals surface area contributed by atoms with E-state index in [1.165, 1.54) is 0 Å². The summed E-state index contributed by atoms with van der Waals surface area (Å²) in [6, 6.07) is 13.0. The largest absolute Gasteiger partial charge is 0.497 e. The molecule has 1 amide bonds. The van der Waals surface area contributed by atoms with E-state index < -0.39 is 0 Å². The molecule has 0 aromatic heterocycles. The summed E-state index contributed by atoms with van der Waals surface area (Å²) in [7, 11) is 5.45. The summed E-state index contributed by atoms with van der Waals surface area (Å²) in [6.07, 6.45) is 0. The Morgan fingerprint density at radius 3 is 2.57 bits per heavy atom. The molecule has 1 N–H and O–H groups in total. The molecular formula is C16H17BrN2O2. The van der Waals surface area contributed by atoms with Crippen LogP contribution in [0.2, 0.25) is 0 Å². The molecular weight excluding hydrogens is 332 g/mol. The van der Waals surface area contributed by atoms with Gasteiger partial charge < -0.3 is 15.0 Å². The van der Waals surface area contributed by atoms with Crippen molar-refractivity contribution < 1.29 is 9.53 Å². The molecule has 0 unspecified atom stereocenters. The first-order valence-electron chi connectivity index (χ1n) is 6.44. The van der Waals surface area contributed by atoms with Gasteiger partial charge in [-0.2, -0.15) is 0 Å².